The smallest absolute Gasteiger partial charge is 0.397 e. The molecule has 0 aromatic rings. The third-order valence-electron chi connectivity index (χ3n) is 9.60. The molecule has 1 fully saturated rings. The van der Waals surface area contributed by atoms with Gasteiger partial charge in [-0.1, -0.05) is 139 Å². The molecule has 12 nitrogen and oxygen atoms in total. The Morgan fingerprint density at radius 2 is 1.19 bits per heavy atom. The van der Waals surface area contributed by atoms with Crippen LogP contribution in [0.2, 0.25) is 0 Å². The van der Waals surface area contributed by atoms with Gasteiger partial charge in [0.15, 0.2) is 6.29 Å². The van der Waals surface area contributed by atoms with Crippen molar-refractivity contribution < 1.29 is 56.2 Å². The van der Waals surface area contributed by atoms with Crippen molar-refractivity contribution in [2.75, 3.05) is 26.4 Å². The van der Waals surface area contributed by atoms with E-state index in [2.05, 4.69) is 78.8 Å². The molecule has 0 aromatic heterocycles. The molecule has 0 saturated carbocycles. The quantitative estimate of drug-likeness (QED) is 0.0202. The average Bonchev–Trinajstić information content (AvgIpc) is 3.19. The number of ether oxygens (including phenoxy) is 4. The first-order valence-electron chi connectivity index (χ1n) is 22.0. The normalized spacial score (nSPS) is 21.1. The van der Waals surface area contributed by atoms with Crippen molar-refractivity contribution in [2.24, 2.45) is 0 Å². The molecule has 6 atom stereocenters. The van der Waals surface area contributed by atoms with Crippen molar-refractivity contribution in [3.63, 3.8) is 0 Å². The van der Waals surface area contributed by atoms with Crippen LogP contribution in [0.3, 0.4) is 0 Å². The van der Waals surface area contributed by atoms with E-state index in [1.165, 1.54) is 32.1 Å². The van der Waals surface area contributed by atoms with Gasteiger partial charge in [0.25, 0.3) is 0 Å². The topological polar surface area (TPSA) is 178 Å². The molecule has 0 aliphatic carbocycles. The van der Waals surface area contributed by atoms with Gasteiger partial charge in [-0.15, -0.1) is 0 Å². The van der Waals surface area contributed by atoms with Gasteiger partial charge in [0.2, 0.25) is 0 Å². The number of hydrogen-bond donors (Lipinski definition) is 4. The standard InChI is InChI=1S/C45H78O12S/c1-3-5-7-9-11-13-15-17-19-20-21-22-24-26-28-30-32-34-41(47)55-39(37-53-35-33-31-29-27-25-23-18-16-14-12-10-8-6-4-2)38-54-45-43(49)44(57-58(50,51)52)42(48)40(36-46)56-45/h5,7-8,10-11,13-14,16-17,19,39-40,42-46,48-49H,3-4,6,9,12,15,18,20-38H2,1-2H3,(H,50,51,52)/b7-5-,10-8-,13-11-,16-14-,19-17-. The molecule has 0 bridgehead atoms. The third-order valence-corrected chi connectivity index (χ3v) is 10.1. The predicted octanol–water partition coefficient (Wildman–Crippen LogP) is 8.96. The second kappa shape index (κ2) is 36.6. The summed E-state index contributed by atoms with van der Waals surface area (Å²) in [5, 5.41) is 30.6. The highest BCUT2D eigenvalue weighted by Gasteiger charge is 2.48. The van der Waals surface area contributed by atoms with E-state index in [9.17, 15) is 28.5 Å². The van der Waals surface area contributed by atoms with Gasteiger partial charge in [0, 0.05) is 13.0 Å². The maximum atomic E-state index is 12.8. The van der Waals surface area contributed by atoms with E-state index in [0.717, 1.165) is 96.3 Å². The van der Waals surface area contributed by atoms with Crippen molar-refractivity contribution in [3.05, 3.63) is 60.8 Å². The Morgan fingerprint density at radius 1 is 0.672 bits per heavy atom. The lowest BCUT2D eigenvalue weighted by molar-refractivity contribution is -0.301. The van der Waals surface area contributed by atoms with Gasteiger partial charge >= 0.3 is 16.4 Å². The Kier molecular flexibility index (Phi) is 34.0. The van der Waals surface area contributed by atoms with Crippen molar-refractivity contribution in [1.29, 1.82) is 0 Å². The molecule has 0 radical (unpaired) electrons. The minimum Gasteiger partial charge on any atom is -0.457 e. The Labute approximate surface area is 350 Å². The van der Waals surface area contributed by atoms with Crippen molar-refractivity contribution in [1.82, 2.24) is 0 Å². The average molecular weight is 843 g/mol. The molecule has 1 aliphatic heterocycles. The maximum Gasteiger partial charge on any atom is 0.397 e. The van der Waals surface area contributed by atoms with Crippen molar-refractivity contribution in [3.8, 4) is 0 Å². The van der Waals surface area contributed by atoms with Gasteiger partial charge in [0.05, 0.1) is 19.8 Å². The van der Waals surface area contributed by atoms with Gasteiger partial charge in [-0.2, -0.15) is 8.42 Å². The number of allylic oxidation sites excluding steroid dienone is 10. The zero-order chi connectivity index (χ0) is 42.5. The molecule has 0 amide bonds. The van der Waals surface area contributed by atoms with E-state index in [1.807, 2.05) is 0 Å². The fourth-order valence-electron chi connectivity index (χ4n) is 6.31. The third kappa shape index (κ3) is 29.9. The Balaban J connectivity index is 2.46. The van der Waals surface area contributed by atoms with Crippen LogP contribution >= 0.6 is 0 Å². The number of carbonyl (C=O) groups excluding carboxylic acids is 1. The van der Waals surface area contributed by atoms with Crippen LogP contribution in [-0.2, 0) is 38.3 Å². The highest BCUT2D eigenvalue weighted by molar-refractivity contribution is 7.80. The van der Waals surface area contributed by atoms with Gasteiger partial charge in [-0.25, -0.2) is 4.18 Å². The van der Waals surface area contributed by atoms with Gasteiger partial charge in [-0.05, 0) is 70.6 Å². The second-order valence-electron chi connectivity index (χ2n) is 14.9. The van der Waals surface area contributed by atoms with Crippen LogP contribution in [0.5, 0.6) is 0 Å². The zero-order valence-electron chi connectivity index (χ0n) is 35.6. The minimum absolute atomic E-state index is 0.0219. The number of esters is 1. The van der Waals surface area contributed by atoms with E-state index < -0.39 is 59.8 Å². The van der Waals surface area contributed by atoms with Crippen LogP contribution < -0.4 is 0 Å². The molecule has 0 aromatic carbocycles. The summed E-state index contributed by atoms with van der Waals surface area (Å²) in [6.07, 6.45) is 35.4. The van der Waals surface area contributed by atoms with Crippen molar-refractivity contribution >= 4 is 16.4 Å². The summed E-state index contributed by atoms with van der Waals surface area (Å²) in [4.78, 5) is 12.8. The predicted molar refractivity (Wildman–Crippen MR) is 229 cm³/mol. The number of hydrogen-bond acceptors (Lipinski definition) is 11. The molecule has 1 aliphatic rings. The van der Waals surface area contributed by atoms with E-state index >= 15 is 0 Å². The SMILES string of the molecule is CC/C=C\C/C=C\C/C=C\CCCCCCCCCC(=O)OC(COCCCCCCCC/C=C\C/C=C\CCC)COC1OC(CO)C(O)C(OS(=O)(=O)O)C1O. The van der Waals surface area contributed by atoms with Crippen molar-refractivity contribution in [2.45, 2.75) is 192 Å². The summed E-state index contributed by atoms with van der Waals surface area (Å²) in [7, 11) is -5.07. The van der Waals surface area contributed by atoms with Gasteiger partial charge in [0.1, 0.15) is 30.5 Å². The van der Waals surface area contributed by atoms with Gasteiger partial charge in [-0.3, -0.25) is 9.35 Å². The highest BCUT2D eigenvalue weighted by atomic mass is 32.3. The van der Waals surface area contributed by atoms with E-state index in [0.29, 0.717) is 13.0 Å². The maximum absolute atomic E-state index is 12.8. The number of aliphatic hydroxyl groups is 3. The van der Waals surface area contributed by atoms with Gasteiger partial charge < -0.3 is 34.3 Å². The number of unbranched alkanes of at least 4 members (excludes halogenated alkanes) is 14. The number of rotatable bonds is 37. The molecule has 1 rings (SSSR count). The summed E-state index contributed by atoms with van der Waals surface area (Å²) in [6, 6.07) is 0. The first kappa shape index (κ1) is 53.8. The summed E-state index contributed by atoms with van der Waals surface area (Å²) in [6.45, 7) is 3.76. The summed E-state index contributed by atoms with van der Waals surface area (Å²) < 4.78 is 59.0. The van der Waals surface area contributed by atoms with Crippen LogP contribution in [0, 0.1) is 0 Å². The Hall–Kier alpha value is -2.20. The molecule has 336 valence electrons. The number of aliphatic hydroxyl groups excluding tert-OH is 3. The first-order chi connectivity index (χ1) is 28.1. The van der Waals surface area contributed by atoms with Crippen LogP contribution in [0.1, 0.15) is 155 Å². The summed E-state index contributed by atoms with van der Waals surface area (Å²) in [5.74, 6) is -0.416. The van der Waals surface area contributed by atoms with E-state index in [1.54, 1.807) is 0 Å². The largest absolute Gasteiger partial charge is 0.457 e. The van der Waals surface area contributed by atoms with Crippen LogP contribution in [-0.4, -0.2) is 97.5 Å². The summed E-state index contributed by atoms with van der Waals surface area (Å²) >= 11 is 0. The fourth-order valence-corrected chi connectivity index (χ4v) is 6.82. The second-order valence-corrected chi connectivity index (χ2v) is 15.9. The lowest BCUT2D eigenvalue weighted by atomic mass is 9.99. The zero-order valence-corrected chi connectivity index (χ0v) is 36.4. The highest BCUT2D eigenvalue weighted by Crippen LogP contribution is 2.26. The molecule has 1 heterocycles. The van der Waals surface area contributed by atoms with Crippen LogP contribution in [0.4, 0.5) is 0 Å². The molecule has 1 saturated heterocycles. The minimum atomic E-state index is -5.07. The lowest BCUT2D eigenvalue weighted by Gasteiger charge is -2.41. The lowest BCUT2D eigenvalue weighted by Crippen LogP contribution is -2.60. The van der Waals surface area contributed by atoms with Crippen LogP contribution in [0.25, 0.3) is 0 Å². The van der Waals surface area contributed by atoms with E-state index in [4.69, 9.17) is 23.5 Å². The molecule has 58 heavy (non-hydrogen) atoms. The molecule has 0 spiro atoms. The molecule has 13 heteroatoms. The monoisotopic (exact) mass is 843 g/mol. The Morgan fingerprint density at radius 3 is 1.74 bits per heavy atom. The number of carbonyl (C=O) groups is 1. The first-order valence-corrected chi connectivity index (χ1v) is 23.4. The summed E-state index contributed by atoms with van der Waals surface area (Å²) in [5.41, 5.74) is 0. The Bertz CT molecular complexity index is 1250. The fraction of sp³-hybridized carbons (Fsp3) is 0.756. The molecule has 4 N–H and O–H groups in total. The van der Waals surface area contributed by atoms with E-state index in [-0.39, 0.29) is 19.6 Å². The molecular formula is C45H78O12S. The molecular weight excluding hydrogens is 765 g/mol. The molecule has 6 unspecified atom stereocenters. The van der Waals surface area contributed by atoms with Crippen LogP contribution in [0.15, 0.2) is 60.8 Å².